The Morgan fingerprint density at radius 2 is 1.79 bits per heavy atom. The topological polar surface area (TPSA) is 37.4 Å². The van der Waals surface area contributed by atoms with Gasteiger partial charge >= 0.3 is 18.2 Å². The number of rotatable bonds is 2. The normalized spacial score (nSPS) is 20.2. The number of benzene rings is 1. The number of likely N-dealkylation sites (N-methyl/N-ethyl adjacent to an activating group) is 1. The van der Waals surface area contributed by atoms with Crippen LogP contribution in [0.3, 0.4) is 0 Å². The summed E-state index contributed by atoms with van der Waals surface area (Å²) in [6.07, 6.45) is -1.99. The van der Waals surface area contributed by atoms with Crippen LogP contribution in [0.2, 0.25) is 19.6 Å². The van der Waals surface area contributed by atoms with Crippen molar-refractivity contribution in [3.63, 3.8) is 0 Å². The van der Waals surface area contributed by atoms with E-state index in [0.29, 0.717) is 28.5 Å². The van der Waals surface area contributed by atoms with Gasteiger partial charge in [0.25, 0.3) is 0 Å². The zero-order valence-corrected chi connectivity index (χ0v) is 17.8. The molecule has 0 saturated carbocycles. The van der Waals surface area contributed by atoms with Gasteiger partial charge < -0.3 is 0 Å². The predicted octanol–water partition coefficient (Wildman–Crippen LogP) is 4.72. The van der Waals surface area contributed by atoms with Crippen LogP contribution in [-0.2, 0) is 4.79 Å². The number of carbonyl (C=O) groups excluding carboxylic acids is 2. The van der Waals surface area contributed by atoms with E-state index in [9.17, 15) is 27.2 Å². The minimum atomic E-state index is -5.17. The van der Waals surface area contributed by atoms with Gasteiger partial charge in [-0.25, -0.2) is 18.9 Å². The fourth-order valence-electron chi connectivity index (χ4n) is 2.33. The van der Waals surface area contributed by atoms with Gasteiger partial charge in [-0.15, -0.1) is 30.5 Å². The highest BCUT2D eigenvalue weighted by atomic mass is 32.2. The third-order valence-electron chi connectivity index (χ3n) is 4.00. The van der Waals surface area contributed by atoms with E-state index >= 15 is 0 Å². The molecule has 150 valence electrons. The summed E-state index contributed by atoms with van der Waals surface area (Å²) < 4.78 is 52.4. The van der Waals surface area contributed by atoms with E-state index < -0.39 is 36.6 Å². The summed E-state index contributed by atoms with van der Waals surface area (Å²) in [5.74, 6) is 0.574. The molecule has 1 aliphatic rings. The van der Waals surface area contributed by atoms with Crippen LogP contribution in [0.5, 0.6) is 0 Å². The van der Waals surface area contributed by atoms with Crippen LogP contribution in [0.1, 0.15) is 5.56 Å². The van der Waals surface area contributed by atoms with Gasteiger partial charge in [0.1, 0.15) is 13.9 Å². The Bertz CT molecular complexity index is 928. The second-order valence-electron chi connectivity index (χ2n) is 7.28. The Labute approximate surface area is 165 Å². The van der Waals surface area contributed by atoms with Gasteiger partial charge in [-0.1, -0.05) is 30.0 Å². The van der Waals surface area contributed by atoms with Crippen molar-refractivity contribution in [2.24, 2.45) is 0 Å². The lowest BCUT2D eigenvalue weighted by Crippen LogP contribution is -2.67. The predicted molar refractivity (Wildman–Crippen MR) is 103 cm³/mol. The standard InChI is InChI=1S/C18H19F4N2O2SSi/c1-24(18(20,21)22)16(25)6-8-23(17(24)26)14-11-15(27-2)12(10-13(14)19)7-9-28(3,4)5/h6,8,10-11H,1-5H3/q+1. The Balaban J connectivity index is 2.60. The summed E-state index contributed by atoms with van der Waals surface area (Å²) in [4.78, 5) is 25.3. The van der Waals surface area contributed by atoms with E-state index in [4.69, 9.17) is 0 Å². The third kappa shape index (κ3) is 4.01. The smallest absolute Gasteiger partial charge is 0.233 e. The van der Waals surface area contributed by atoms with Crippen LogP contribution in [0.15, 0.2) is 29.3 Å². The molecule has 1 aromatic rings. The number of hydrogen-bond acceptors (Lipinski definition) is 3. The number of halogens is 4. The molecular formula is C18H19F4N2O2SSi+. The molecule has 0 bridgehead atoms. The molecule has 0 spiro atoms. The second-order valence-corrected chi connectivity index (χ2v) is 12.9. The molecular weight excluding hydrogens is 412 g/mol. The van der Waals surface area contributed by atoms with Crippen LogP contribution in [-0.4, -0.2) is 44.1 Å². The number of amides is 3. The Morgan fingerprint density at radius 1 is 1.18 bits per heavy atom. The van der Waals surface area contributed by atoms with Crippen LogP contribution in [0, 0.1) is 17.3 Å². The lowest BCUT2D eigenvalue weighted by molar-refractivity contribution is -0.879. The molecule has 1 aromatic carbocycles. The van der Waals surface area contributed by atoms with E-state index in [-0.39, 0.29) is 5.69 Å². The second kappa shape index (κ2) is 7.38. The SMILES string of the molecule is CSc1cc(N2C=CC(=O)[N+](C)(C(F)(F)F)C2=O)c(F)cc1C#C[Si](C)(C)C. The van der Waals surface area contributed by atoms with E-state index in [1.54, 1.807) is 6.26 Å². The molecule has 1 aliphatic heterocycles. The third-order valence-corrected chi connectivity index (χ3v) is 5.66. The molecule has 1 unspecified atom stereocenters. The van der Waals surface area contributed by atoms with Gasteiger partial charge in [0, 0.05) is 16.7 Å². The van der Waals surface area contributed by atoms with Gasteiger partial charge in [-0.05, 0) is 18.4 Å². The lowest BCUT2D eigenvalue weighted by Gasteiger charge is -2.34. The monoisotopic (exact) mass is 431 g/mol. The number of alkyl halides is 3. The first-order valence-corrected chi connectivity index (χ1v) is 12.9. The summed E-state index contributed by atoms with van der Waals surface area (Å²) in [5, 5.41) is 0. The van der Waals surface area contributed by atoms with Crippen LogP contribution in [0.25, 0.3) is 0 Å². The molecule has 0 radical (unpaired) electrons. The Hall–Kier alpha value is -2.09. The minimum absolute atomic E-state index is 0.370. The first-order valence-electron chi connectivity index (χ1n) is 8.13. The number of urea groups is 1. The minimum Gasteiger partial charge on any atom is -0.233 e. The van der Waals surface area contributed by atoms with Crippen molar-refractivity contribution in [3.8, 4) is 11.5 Å². The highest BCUT2D eigenvalue weighted by molar-refractivity contribution is 7.98. The fraction of sp³-hybridized carbons (Fsp3) is 0.333. The first kappa shape index (κ1) is 22.2. The average molecular weight is 432 g/mol. The number of thioether (sulfide) groups is 1. The zero-order chi connectivity index (χ0) is 21.5. The van der Waals surface area contributed by atoms with Crippen LogP contribution < -0.4 is 4.90 Å². The lowest BCUT2D eigenvalue weighted by atomic mass is 10.1. The summed E-state index contributed by atoms with van der Waals surface area (Å²) in [7, 11) is -1.28. The van der Waals surface area contributed by atoms with Gasteiger partial charge in [-0.2, -0.15) is 0 Å². The molecule has 10 heteroatoms. The summed E-state index contributed by atoms with van der Waals surface area (Å²) in [6.45, 7) is 6.06. The zero-order valence-electron chi connectivity index (χ0n) is 15.9. The largest absolute Gasteiger partial charge is 0.577 e. The molecule has 1 heterocycles. The molecule has 0 fully saturated rings. The summed E-state index contributed by atoms with van der Waals surface area (Å²) in [6, 6.07) is 0.767. The van der Waals surface area contributed by atoms with Crippen molar-refractivity contribution in [1.82, 2.24) is 0 Å². The maximum absolute atomic E-state index is 14.7. The maximum atomic E-state index is 14.7. The summed E-state index contributed by atoms with van der Waals surface area (Å²) in [5.41, 5.74) is 3.13. The Kier molecular flexibility index (Phi) is 5.85. The van der Waals surface area contributed by atoms with E-state index in [0.717, 1.165) is 12.3 Å². The number of imide groups is 1. The molecule has 4 nitrogen and oxygen atoms in total. The maximum Gasteiger partial charge on any atom is 0.577 e. The number of nitrogens with zero attached hydrogens (tertiary/aromatic N) is 2. The summed E-state index contributed by atoms with van der Waals surface area (Å²) >= 11 is 1.23. The molecule has 3 amide bonds. The van der Waals surface area contributed by atoms with Crippen molar-refractivity contribution in [1.29, 1.82) is 0 Å². The van der Waals surface area contributed by atoms with Gasteiger partial charge in [0.05, 0.1) is 18.8 Å². The quantitative estimate of drug-likeness (QED) is 0.170. The number of quaternary nitrogens is 1. The van der Waals surface area contributed by atoms with Crippen molar-refractivity contribution in [2.75, 3.05) is 18.2 Å². The van der Waals surface area contributed by atoms with Crippen molar-refractivity contribution in [3.05, 3.63) is 35.8 Å². The van der Waals surface area contributed by atoms with Crippen molar-refractivity contribution < 1.29 is 31.6 Å². The van der Waals surface area contributed by atoms with Gasteiger partial charge in [0.15, 0.2) is 0 Å². The van der Waals surface area contributed by atoms with Crippen molar-refractivity contribution in [2.45, 2.75) is 30.8 Å². The molecule has 28 heavy (non-hydrogen) atoms. The molecule has 2 rings (SSSR count). The molecule has 0 aliphatic carbocycles. The number of hydrogen-bond donors (Lipinski definition) is 0. The molecule has 0 N–H and O–H groups in total. The highest BCUT2D eigenvalue weighted by Gasteiger charge is 2.65. The fourth-order valence-corrected chi connectivity index (χ4v) is 3.40. The molecule has 0 aromatic heterocycles. The average Bonchev–Trinajstić information content (AvgIpc) is 2.57. The number of carbonyl (C=O) groups is 2. The van der Waals surface area contributed by atoms with Gasteiger partial charge in [0.2, 0.25) is 0 Å². The van der Waals surface area contributed by atoms with Gasteiger partial charge in [-0.3, -0.25) is 0 Å². The highest BCUT2D eigenvalue weighted by Crippen LogP contribution is 2.37. The first-order chi connectivity index (χ1) is 12.7. The number of anilines is 1. The molecule has 1 atom stereocenters. The van der Waals surface area contributed by atoms with E-state index in [1.807, 2.05) is 19.6 Å². The van der Waals surface area contributed by atoms with Crippen LogP contribution >= 0.6 is 11.8 Å². The van der Waals surface area contributed by atoms with Crippen LogP contribution in [0.4, 0.5) is 28.0 Å². The van der Waals surface area contributed by atoms with E-state index in [1.165, 1.54) is 17.8 Å². The molecule has 0 saturated heterocycles. The van der Waals surface area contributed by atoms with E-state index in [2.05, 4.69) is 11.5 Å². The van der Waals surface area contributed by atoms with Crippen molar-refractivity contribution >= 4 is 37.5 Å². The Morgan fingerprint density at radius 3 is 2.29 bits per heavy atom.